The molecule has 3 aromatic carbocycles. The largest absolute Gasteiger partial charge is 0.497 e. The molecule has 0 amide bonds. The van der Waals surface area contributed by atoms with Crippen LogP contribution < -0.4 is 10.3 Å². The summed E-state index contributed by atoms with van der Waals surface area (Å²) in [6.07, 6.45) is 0. The average Bonchev–Trinajstić information content (AvgIpc) is 2.81. The summed E-state index contributed by atoms with van der Waals surface area (Å²) in [5.74, 6) is 0.217. The van der Waals surface area contributed by atoms with E-state index in [1.165, 1.54) is 9.13 Å². The lowest BCUT2D eigenvalue weighted by molar-refractivity contribution is 0.414. The van der Waals surface area contributed by atoms with E-state index in [9.17, 15) is 9.90 Å². The topological polar surface area (TPSA) is 81.1 Å². The number of hydrogen-bond acceptors (Lipinski definition) is 6. The van der Waals surface area contributed by atoms with Gasteiger partial charge in [0, 0.05) is 5.02 Å². The Morgan fingerprint density at radius 1 is 0.875 bits per heavy atom. The van der Waals surface area contributed by atoms with Gasteiger partial charge in [-0.3, -0.25) is 13.9 Å². The number of azo groups is 1. The molecule has 0 spiro atoms. The molecule has 0 aliphatic heterocycles. The number of aromatic nitrogens is 2. The normalized spacial score (nSPS) is 11.1. The minimum Gasteiger partial charge on any atom is -0.497 e. The molecule has 0 saturated heterocycles. The van der Waals surface area contributed by atoms with Crippen LogP contribution in [0.15, 0.2) is 93.9 Å². The number of aromatic hydroxyl groups is 1. The first-order valence-corrected chi connectivity index (χ1v) is 10.3. The predicted molar refractivity (Wildman–Crippen MR) is 126 cm³/mol. The van der Waals surface area contributed by atoms with E-state index in [1.807, 2.05) is 6.07 Å². The zero-order chi connectivity index (χ0) is 22.7. The van der Waals surface area contributed by atoms with E-state index in [2.05, 4.69) is 10.2 Å². The molecule has 0 aliphatic carbocycles. The van der Waals surface area contributed by atoms with Gasteiger partial charge in [0.05, 0.1) is 24.2 Å². The first kappa shape index (κ1) is 21.5. The van der Waals surface area contributed by atoms with Gasteiger partial charge in [-0.15, -0.1) is 5.11 Å². The summed E-state index contributed by atoms with van der Waals surface area (Å²) in [4.78, 5) is 13.3. The van der Waals surface area contributed by atoms with Crippen LogP contribution in [-0.2, 0) is 0 Å². The molecule has 7 nitrogen and oxygen atoms in total. The number of para-hydroxylation sites is 1. The minimum absolute atomic E-state index is 0.0781. The van der Waals surface area contributed by atoms with Gasteiger partial charge in [0.2, 0.25) is 11.6 Å². The maximum Gasteiger partial charge on any atom is 0.290 e. The highest BCUT2D eigenvalue weighted by Crippen LogP contribution is 2.30. The number of hydrogen-bond donors (Lipinski definition) is 1. The third-order valence-corrected chi connectivity index (χ3v) is 5.27. The van der Waals surface area contributed by atoms with Crippen LogP contribution >= 0.6 is 23.8 Å². The molecule has 1 N–H and O–H groups in total. The van der Waals surface area contributed by atoms with Crippen molar-refractivity contribution in [2.45, 2.75) is 0 Å². The van der Waals surface area contributed by atoms with Crippen LogP contribution in [0.4, 0.5) is 11.4 Å². The lowest BCUT2D eigenvalue weighted by Crippen LogP contribution is -2.23. The molecule has 4 aromatic rings. The van der Waals surface area contributed by atoms with Gasteiger partial charge in [0.15, 0.2) is 4.77 Å². The molecule has 0 unspecified atom stereocenters. The Morgan fingerprint density at radius 2 is 1.50 bits per heavy atom. The van der Waals surface area contributed by atoms with Crippen molar-refractivity contribution in [3.63, 3.8) is 0 Å². The SMILES string of the molecule is COc1ccc(-n2c(O)c(N=Nc3ccc(Cl)cc3)c(=O)n(-c3ccccc3)c2=S)cc1. The molecule has 0 fully saturated rings. The van der Waals surface area contributed by atoms with Crippen molar-refractivity contribution in [1.29, 1.82) is 0 Å². The Labute approximate surface area is 193 Å². The van der Waals surface area contributed by atoms with Crippen molar-refractivity contribution in [2.75, 3.05) is 7.11 Å². The summed E-state index contributed by atoms with van der Waals surface area (Å²) in [6, 6.07) is 22.4. The molecule has 1 heterocycles. The van der Waals surface area contributed by atoms with Crippen molar-refractivity contribution in [1.82, 2.24) is 9.13 Å². The van der Waals surface area contributed by atoms with Gasteiger partial charge >= 0.3 is 0 Å². The summed E-state index contributed by atoms with van der Waals surface area (Å²) >= 11 is 11.5. The van der Waals surface area contributed by atoms with Gasteiger partial charge in [-0.2, -0.15) is 5.11 Å². The molecule has 4 rings (SSSR count). The maximum absolute atomic E-state index is 13.3. The van der Waals surface area contributed by atoms with Crippen LogP contribution in [-0.4, -0.2) is 21.4 Å². The van der Waals surface area contributed by atoms with Gasteiger partial charge in [-0.1, -0.05) is 29.8 Å². The highest BCUT2D eigenvalue weighted by atomic mass is 35.5. The Balaban J connectivity index is 1.97. The highest BCUT2D eigenvalue weighted by molar-refractivity contribution is 7.71. The van der Waals surface area contributed by atoms with E-state index in [4.69, 9.17) is 28.6 Å². The first-order valence-electron chi connectivity index (χ1n) is 9.48. The van der Waals surface area contributed by atoms with Crippen molar-refractivity contribution in [2.24, 2.45) is 10.2 Å². The molecule has 0 saturated carbocycles. The standard InChI is InChI=1S/C23H17ClN4O3S/c1-31-19-13-11-18(12-14-19)28-22(30)20(26-25-16-9-7-15(24)8-10-16)21(29)27(23(28)32)17-5-3-2-4-6-17/h2-14,30H,1H3. The first-order chi connectivity index (χ1) is 15.5. The monoisotopic (exact) mass is 464 g/mol. The zero-order valence-corrected chi connectivity index (χ0v) is 18.4. The summed E-state index contributed by atoms with van der Waals surface area (Å²) in [6.45, 7) is 0. The Kier molecular flexibility index (Phi) is 6.16. The van der Waals surface area contributed by atoms with Crippen molar-refractivity contribution < 1.29 is 9.84 Å². The average molecular weight is 465 g/mol. The minimum atomic E-state index is -0.596. The number of benzene rings is 3. The fourth-order valence-electron chi connectivity index (χ4n) is 3.06. The summed E-state index contributed by atoms with van der Waals surface area (Å²) in [5.41, 5.74) is 0.681. The smallest absolute Gasteiger partial charge is 0.290 e. The molecule has 9 heteroatoms. The van der Waals surface area contributed by atoms with E-state index < -0.39 is 11.4 Å². The van der Waals surface area contributed by atoms with Gasteiger partial charge in [0.25, 0.3) is 5.56 Å². The van der Waals surface area contributed by atoms with Crippen LogP contribution in [0.2, 0.25) is 5.02 Å². The fraction of sp³-hybridized carbons (Fsp3) is 0.0435. The molecular formula is C23H17ClN4O3S. The van der Waals surface area contributed by atoms with Gasteiger partial charge < -0.3 is 9.84 Å². The second-order valence-corrected chi connectivity index (χ2v) is 7.44. The quantitative estimate of drug-likeness (QED) is 0.284. The lowest BCUT2D eigenvalue weighted by atomic mass is 10.3. The predicted octanol–water partition coefficient (Wildman–Crippen LogP) is 6.14. The number of nitrogens with zero attached hydrogens (tertiary/aromatic N) is 4. The number of methoxy groups -OCH3 is 1. The third kappa shape index (κ3) is 4.18. The highest BCUT2D eigenvalue weighted by Gasteiger charge is 2.19. The Hall–Kier alpha value is -3.75. The van der Waals surface area contributed by atoms with Crippen molar-refractivity contribution in [3.8, 4) is 23.0 Å². The van der Waals surface area contributed by atoms with Crippen LogP contribution in [0.3, 0.4) is 0 Å². The van der Waals surface area contributed by atoms with Crippen molar-refractivity contribution >= 4 is 35.2 Å². The summed E-state index contributed by atoms with van der Waals surface area (Å²) in [5, 5.41) is 19.7. The number of rotatable bonds is 5. The Morgan fingerprint density at radius 3 is 2.12 bits per heavy atom. The fourth-order valence-corrected chi connectivity index (χ4v) is 3.56. The van der Waals surface area contributed by atoms with Crippen molar-refractivity contribution in [3.05, 3.63) is 99.0 Å². The molecule has 0 atom stereocenters. The molecule has 160 valence electrons. The van der Waals surface area contributed by atoms with Gasteiger partial charge in [-0.25, -0.2) is 0 Å². The molecule has 0 aliphatic rings. The summed E-state index contributed by atoms with van der Waals surface area (Å²) < 4.78 is 7.94. The van der Waals surface area contributed by atoms with Crippen LogP contribution in [0, 0.1) is 4.77 Å². The van der Waals surface area contributed by atoms with Gasteiger partial charge in [0.1, 0.15) is 5.75 Å². The van der Waals surface area contributed by atoms with Crippen LogP contribution in [0.1, 0.15) is 0 Å². The van der Waals surface area contributed by atoms with E-state index in [0.717, 1.165) is 0 Å². The van der Waals surface area contributed by atoms with Crippen LogP contribution in [0.25, 0.3) is 11.4 Å². The Bertz CT molecular complexity index is 1400. The molecule has 1 aromatic heterocycles. The van der Waals surface area contributed by atoms with Crippen LogP contribution in [0.5, 0.6) is 11.6 Å². The summed E-state index contributed by atoms with van der Waals surface area (Å²) in [7, 11) is 1.56. The number of ether oxygens (including phenoxy) is 1. The third-order valence-electron chi connectivity index (χ3n) is 4.65. The zero-order valence-electron chi connectivity index (χ0n) is 16.8. The molecule has 32 heavy (non-hydrogen) atoms. The van der Waals surface area contributed by atoms with Gasteiger partial charge in [-0.05, 0) is 72.9 Å². The second kappa shape index (κ2) is 9.17. The maximum atomic E-state index is 13.3. The molecule has 0 radical (unpaired) electrons. The van der Waals surface area contributed by atoms with E-state index in [1.54, 1.807) is 79.9 Å². The lowest BCUT2D eigenvalue weighted by Gasteiger charge is -2.16. The van der Waals surface area contributed by atoms with E-state index in [-0.39, 0.29) is 10.5 Å². The van der Waals surface area contributed by atoms with E-state index in [0.29, 0.717) is 27.8 Å². The number of halogens is 1. The molecular weight excluding hydrogens is 448 g/mol. The van der Waals surface area contributed by atoms with E-state index >= 15 is 0 Å². The second-order valence-electron chi connectivity index (χ2n) is 6.64. The molecule has 0 bridgehead atoms.